The zero-order valence-corrected chi connectivity index (χ0v) is 11.9. The summed E-state index contributed by atoms with van der Waals surface area (Å²) in [4.78, 5) is 27.4. The van der Waals surface area contributed by atoms with Gasteiger partial charge in [0.25, 0.3) is 0 Å². The van der Waals surface area contributed by atoms with E-state index in [4.69, 9.17) is 5.26 Å². The number of anilines is 1. The van der Waals surface area contributed by atoms with Gasteiger partial charge < -0.3 is 10.3 Å². The number of para-hydroxylation sites is 1. The van der Waals surface area contributed by atoms with Gasteiger partial charge in [-0.3, -0.25) is 9.59 Å². The quantitative estimate of drug-likeness (QED) is 0.712. The topological polar surface area (TPSA) is 85.8 Å². The lowest BCUT2D eigenvalue weighted by Gasteiger charge is -2.09. The van der Waals surface area contributed by atoms with E-state index >= 15 is 0 Å². The number of amides is 1. The molecule has 1 amide bonds. The van der Waals surface area contributed by atoms with Crippen molar-refractivity contribution in [3.63, 3.8) is 0 Å². The highest BCUT2D eigenvalue weighted by molar-refractivity contribution is 6.03. The number of carbonyl (C=O) groups is 1. The predicted octanol–water partition coefficient (Wildman–Crippen LogP) is 2.84. The van der Waals surface area contributed by atoms with E-state index in [0.717, 1.165) is 5.56 Å². The Morgan fingerprint density at radius 3 is 2.86 bits per heavy atom. The number of rotatable bonds is 2. The Labute approximate surface area is 126 Å². The number of carbonyl (C=O) groups excluding carboxylic acids is 1. The average molecular weight is 291 g/mol. The summed E-state index contributed by atoms with van der Waals surface area (Å²) in [6.45, 7) is 1.93. The van der Waals surface area contributed by atoms with Crippen molar-refractivity contribution in [2.24, 2.45) is 0 Å². The largest absolute Gasteiger partial charge is 0.353 e. The lowest BCUT2D eigenvalue weighted by Crippen LogP contribution is -2.12. The number of hydrogen-bond acceptors (Lipinski definition) is 3. The van der Waals surface area contributed by atoms with Crippen molar-refractivity contribution >= 4 is 33.4 Å². The third-order valence-electron chi connectivity index (χ3n) is 3.50. The first-order valence-electron chi connectivity index (χ1n) is 6.82. The van der Waals surface area contributed by atoms with Crippen LogP contribution in [0.25, 0.3) is 21.8 Å². The normalized spacial score (nSPS) is 10.5. The van der Waals surface area contributed by atoms with Gasteiger partial charge in [-0.25, -0.2) is 0 Å². The average Bonchev–Trinajstić information content (AvgIpc) is 2.49. The first kappa shape index (κ1) is 13.8. The maximum absolute atomic E-state index is 12.6. The molecule has 0 radical (unpaired) electrons. The molecule has 3 rings (SSSR count). The second kappa shape index (κ2) is 5.34. The van der Waals surface area contributed by atoms with Crippen LogP contribution < -0.4 is 10.7 Å². The molecule has 1 heterocycles. The van der Waals surface area contributed by atoms with E-state index in [9.17, 15) is 9.59 Å². The number of pyridine rings is 1. The molecule has 22 heavy (non-hydrogen) atoms. The Morgan fingerprint density at radius 1 is 1.27 bits per heavy atom. The van der Waals surface area contributed by atoms with Crippen molar-refractivity contribution in [1.82, 2.24) is 4.98 Å². The number of nitrogens with zero attached hydrogens (tertiary/aromatic N) is 1. The first-order valence-corrected chi connectivity index (χ1v) is 6.82. The maximum atomic E-state index is 12.6. The molecule has 5 nitrogen and oxygen atoms in total. The molecule has 0 aliphatic heterocycles. The van der Waals surface area contributed by atoms with Gasteiger partial charge in [0.05, 0.1) is 17.3 Å². The highest BCUT2D eigenvalue weighted by Crippen LogP contribution is 2.22. The summed E-state index contributed by atoms with van der Waals surface area (Å²) in [5.41, 5.74) is 2.71. The Bertz CT molecular complexity index is 996. The van der Waals surface area contributed by atoms with Crippen LogP contribution in [0.1, 0.15) is 12.0 Å². The molecule has 0 saturated carbocycles. The van der Waals surface area contributed by atoms with Crippen LogP contribution >= 0.6 is 0 Å². The van der Waals surface area contributed by atoms with E-state index in [2.05, 4.69) is 10.3 Å². The zero-order valence-electron chi connectivity index (χ0n) is 11.9. The fourth-order valence-electron chi connectivity index (χ4n) is 2.48. The third-order valence-corrected chi connectivity index (χ3v) is 3.50. The fourth-order valence-corrected chi connectivity index (χ4v) is 2.48. The number of nitriles is 1. The van der Waals surface area contributed by atoms with E-state index in [-0.39, 0.29) is 11.8 Å². The fraction of sp³-hybridized carbons (Fsp3) is 0.118. The van der Waals surface area contributed by atoms with Crippen LogP contribution in [0.3, 0.4) is 0 Å². The Balaban J connectivity index is 2.27. The Hall–Kier alpha value is -3.13. The number of fused-ring (bicyclic) bond motifs is 2. The van der Waals surface area contributed by atoms with Crippen molar-refractivity contribution < 1.29 is 4.79 Å². The Kier molecular flexibility index (Phi) is 3.36. The zero-order chi connectivity index (χ0) is 15.7. The molecule has 2 aromatic carbocycles. The van der Waals surface area contributed by atoms with E-state index in [1.807, 2.05) is 25.1 Å². The standard InChI is InChI=1S/C17H13N3O2/c1-10-5-6-13-12(9-10)17(22)11-3-2-4-14(16(11)20-13)19-15(21)7-8-18/h2-6,9H,7H2,1H3,(H,19,21)(H,20,22). The van der Waals surface area contributed by atoms with Crippen molar-refractivity contribution in [1.29, 1.82) is 5.26 Å². The minimum atomic E-state index is -0.403. The van der Waals surface area contributed by atoms with E-state index in [0.29, 0.717) is 27.5 Å². The molecule has 0 bridgehead atoms. The molecular formula is C17H13N3O2. The van der Waals surface area contributed by atoms with Gasteiger partial charge in [-0.1, -0.05) is 17.7 Å². The van der Waals surface area contributed by atoms with Crippen molar-refractivity contribution in [2.75, 3.05) is 5.32 Å². The summed E-state index contributed by atoms with van der Waals surface area (Å²) in [7, 11) is 0. The summed E-state index contributed by atoms with van der Waals surface area (Å²) >= 11 is 0. The minimum Gasteiger partial charge on any atom is -0.353 e. The van der Waals surface area contributed by atoms with Crippen LogP contribution in [0, 0.1) is 18.3 Å². The number of hydrogen-bond donors (Lipinski definition) is 2. The van der Waals surface area contributed by atoms with Crippen LogP contribution in [0.4, 0.5) is 5.69 Å². The molecule has 0 unspecified atom stereocenters. The molecule has 2 N–H and O–H groups in total. The predicted molar refractivity (Wildman–Crippen MR) is 85.7 cm³/mol. The van der Waals surface area contributed by atoms with Gasteiger partial charge in [0.15, 0.2) is 5.43 Å². The van der Waals surface area contributed by atoms with Gasteiger partial charge in [0.1, 0.15) is 6.42 Å². The molecule has 1 aromatic heterocycles. The highest BCUT2D eigenvalue weighted by Gasteiger charge is 2.10. The number of aromatic nitrogens is 1. The van der Waals surface area contributed by atoms with E-state index in [1.165, 1.54) is 0 Å². The monoisotopic (exact) mass is 291 g/mol. The highest BCUT2D eigenvalue weighted by atomic mass is 16.1. The van der Waals surface area contributed by atoms with Crippen molar-refractivity contribution in [3.05, 3.63) is 52.2 Å². The molecule has 0 spiro atoms. The van der Waals surface area contributed by atoms with Crippen LogP contribution in [0.15, 0.2) is 41.2 Å². The molecule has 0 aliphatic rings. The Morgan fingerprint density at radius 2 is 2.09 bits per heavy atom. The maximum Gasteiger partial charge on any atom is 0.238 e. The molecule has 5 heteroatoms. The van der Waals surface area contributed by atoms with Crippen molar-refractivity contribution in [3.8, 4) is 6.07 Å². The van der Waals surface area contributed by atoms with Crippen LogP contribution in [0.2, 0.25) is 0 Å². The SMILES string of the molecule is Cc1ccc2[nH]c3c(NC(=O)CC#N)cccc3c(=O)c2c1. The van der Waals surface area contributed by atoms with Gasteiger partial charge in [-0.2, -0.15) is 5.26 Å². The number of benzene rings is 2. The first-order chi connectivity index (χ1) is 10.6. The van der Waals surface area contributed by atoms with Gasteiger partial charge in [-0.15, -0.1) is 0 Å². The molecule has 0 atom stereocenters. The summed E-state index contributed by atoms with van der Waals surface area (Å²) in [6, 6.07) is 12.5. The summed E-state index contributed by atoms with van der Waals surface area (Å²) in [5.74, 6) is -0.403. The molecule has 0 aliphatic carbocycles. The lowest BCUT2D eigenvalue weighted by atomic mass is 10.1. The summed E-state index contributed by atoms with van der Waals surface area (Å²) in [5, 5.41) is 12.4. The molecule has 0 saturated heterocycles. The van der Waals surface area contributed by atoms with Gasteiger partial charge in [0.2, 0.25) is 5.91 Å². The molecule has 3 aromatic rings. The summed E-state index contributed by atoms with van der Waals surface area (Å²) < 4.78 is 0. The molecular weight excluding hydrogens is 278 g/mol. The van der Waals surface area contributed by atoms with Crippen molar-refractivity contribution in [2.45, 2.75) is 13.3 Å². The van der Waals surface area contributed by atoms with E-state index < -0.39 is 5.91 Å². The summed E-state index contributed by atoms with van der Waals surface area (Å²) in [6.07, 6.45) is -0.229. The third kappa shape index (κ3) is 2.31. The van der Waals surface area contributed by atoms with Crippen LogP contribution in [-0.2, 0) is 4.79 Å². The van der Waals surface area contributed by atoms with Gasteiger partial charge in [0, 0.05) is 16.3 Å². The molecule has 108 valence electrons. The second-order valence-electron chi connectivity index (χ2n) is 5.11. The van der Waals surface area contributed by atoms with Crippen LogP contribution in [0.5, 0.6) is 0 Å². The number of aryl methyl sites for hydroxylation is 1. The number of nitrogens with one attached hydrogen (secondary N) is 2. The minimum absolute atomic E-state index is 0.0798. The van der Waals surface area contributed by atoms with E-state index in [1.54, 1.807) is 24.3 Å². The van der Waals surface area contributed by atoms with Gasteiger partial charge in [-0.05, 0) is 31.2 Å². The second-order valence-corrected chi connectivity index (χ2v) is 5.11. The smallest absolute Gasteiger partial charge is 0.238 e. The number of aromatic amines is 1. The van der Waals surface area contributed by atoms with Crippen LogP contribution in [-0.4, -0.2) is 10.9 Å². The van der Waals surface area contributed by atoms with Gasteiger partial charge >= 0.3 is 0 Å². The lowest BCUT2D eigenvalue weighted by molar-refractivity contribution is -0.115. The molecule has 0 fully saturated rings. The number of H-pyrrole nitrogens is 1.